The number of nitrogens with one attached hydrogen (secondary N) is 1. The van der Waals surface area contributed by atoms with Gasteiger partial charge in [0.25, 0.3) is 11.1 Å². The van der Waals surface area contributed by atoms with Crippen LogP contribution in [0.1, 0.15) is 0 Å². The van der Waals surface area contributed by atoms with Crippen molar-refractivity contribution in [3.8, 4) is 0 Å². The van der Waals surface area contributed by atoms with Crippen LogP contribution in [-0.2, 0) is 0 Å². The molecular formula is C16H21NO2S2Si2. The minimum atomic E-state index is -1.50. The molecule has 3 heterocycles. The number of H-pyrrole nitrogens is 1. The third kappa shape index (κ3) is 2.91. The molecule has 3 aromatic rings. The second kappa shape index (κ2) is 5.24. The Balaban J connectivity index is 2.53. The molecule has 1 N–H and O–H groups in total. The maximum Gasteiger partial charge on any atom is 0.259 e. The zero-order valence-electron chi connectivity index (χ0n) is 14.3. The highest BCUT2D eigenvalue weighted by Gasteiger charge is 2.24. The van der Waals surface area contributed by atoms with Gasteiger partial charge in [-0.1, -0.05) is 39.3 Å². The summed E-state index contributed by atoms with van der Waals surface area (Å²) in [5.74, 6) is 0. The Hall–Kier alpha value is -1.03. The maximum absolute atomic E-state index is 12.4. The predicted octanol–water partition coefficient (Wildman–Crippen LogP) is 3.25. The summed E-state index contributed by atoms with van der Waals surface area (Å²) >= 11 is 3.41. The van der Waals surface area contributed by atoms with Crippen LogP contribution in [0.3, 0.4) is 0 Å². The van der Waals surface area contributed by atoms with Gasteiger partial charge < -0.3 is 0 Å². The third-order valence-corrected chi connectivity index (χ3v) is 13.5. The predicted molar refractivity (Wildman–Crippen MR) is 110 cm³/mol. The van der Waals surface area contributed by atoms with Crippen LogP contribution >= 0.6 is 22.7 Å². The van der Waals surface area contributed by atoms with Crippen molar-refractivity contribution in [1.82, 2.24) is 4.98 Å². The van der Waals surface area contributed by atoms with Crippen molar-refractivity contribution in [2.24, 2.45) is 0 Å². The van der Waals surface area contributed by atoms with Crippen molar-refractivity contribution in [2.45, 2.75) is 39.3 Å². The van der Waals surface area contributed by atoms with Gasteiger partial charge in [-0.25, -0.2) is 0 Å². The molecule has 0 spiro atoms. The Bertz CT molecular complexity index is 951. The van der Waals surface area contributed by atoms with Gasteiger partial charge >= 0.3 is 0 Å². The molecule has 0 aromatic carbocycles. The average molecular weight is 380 g/mol. The summed E-state index contributed by atoms with van der Waals surface area (Å²) in [4.78, 5) is 27.4. The summed E-state index contributed by atoms with van der Waals surface area (Å²) in [7, 11) is -2.99. The summed E-state index contributed by atoms with van der Waals surface area (Å²) in [6.45, 7) is 13.7. The number of hydrogen-bond donors (Lipinski definition) is 1. The standard InChI is InChI=1S/C16H21NO2S2Si2/c1-22(2,3)11-7-9-13(20-11)14-10(16(19)17-15(9)18)8-12(21-14)23(4,5)6/h7-8H,1-6H3,(H,17,18,19). The van der Waals surface area contributed by atoms with Gasteiger partial charge in [-0.2, -0.15) is 0 Å². The molecule has 3 nitrogen and oxygen atoms in total. The van der Waals surface area contributed by atoms with E-state index in [1.165, 1.54) is 9.00 Å². The Labute approximate surface area is 145 Å². The second-order valence-electron chi connectivity index (χ2n) is 7.99. The third-order valence-electron chi connectivity index (χ3n) is 3.87. The van der Waals surface area contributed by atoms with Crippen LogP contribution in [0.2, 0.25) is 39.3 Å². The van der Waals surface area contributed by atoms with Gasteiger partial charge in [0.05, 0.1) is 36.3 Å². The molecule has 0 saturated carbocycles. The first kappa shape index (κ1) is 16.8. The molecule has 0 amide bonds. The summed E-state index contributed by atoms with van der Waals surface area (Å²) < 4.78 is 4.58. The molecule has 0 aliphatic rings. The number of thiophene rings is 2. The second-order valence-corrected chi connectivity index (χ2v) is 20.9. The van der Waals surface area contributed by atoms with Crippen molar-refractivity contribution in [2.75, 3.05) is 0 Å². The van der Waals surface area contributed by atoms with Gasteiger partial charge in [0.2, 0.25) is 0 Å². The van der Waals surface area contributed by atoms with Gasteiger partial charge in [0.1, 0.15) is 0 Å². The van der Waals surface area contributed by atoms with Crippen LogP contribution in [0.5, 0.6) is 0 Å². The summed E-state index contributed by atoms with van der Waals surface area (Å²) in [6, 6.07) is 4.02. The van der Waals surface area contributed by atoms with E-state index in [2.05, 4.69) is 44.3 Å². The summed E-state index contributed by atoms with van der Waals surface area (Å²) in [5, 5.41) is 1.34. The summed E-state index contributed by atoms with van der Waals surface area (Å²) in [5.41, 5.74) is -0.521. The number of aromatic amines is 1. The number of fused-ring (bicyclic) bond motifs is 3. The molecule has 0 aliphatic heterocycles. The lowest BCUT2D eigenvalue weighted by molar-refractivity contribution is 1.24. The molecule has 3 aromatic heterocycles. The Kier molecular flexibility index (Phi) is 3.83. The maximum atomic E-state index is 12.4. The molecule has 122 valence electrons. The fraction of sp³-hybridized carbons (Fsp3) is 0.375. The molecule has 0 saturated heterocycles. The van der Waals surface area contributed by atoms with Crippen molar-refractivity contribution in [3.63, 3.8) is 0 Å². The fourth-order valence-electron chi connectivity index (χ4n) is 2.43. The molecule has 0 unspecified atom stereocenters. The lowest BCUT2D eigenvalue weighted by Gasteiger charge is -2.12. The molecule has 23 heavy (non-hydrogen) atoms. The van der Waals surface area contributed by atoms with Crippen LogP contribution in [0, 0.1) is 0 Å². The topological polar surface area (TPSA) is 49.9 Å². The minimum Gasteiger partial charge on any atom is -0.288 e. The lowest BCUT2D eigenvalue weighted by atomic mass is 10.3. The van der Waals surface area contributed by atoms with Crippen LogP contribution in [0.15, 0.2) is 21.7 Å². The van der Waals surface area contributed by atoms with E-state index in [1.54, 1.807) is 22.7 Å². The molecule has 0 radical (unpaired) electrons. The molecule has 0 atom stereocenters. The quantitative estimate of drug-likeness (QED) is 0.695. The minimum absolute atomic E-state index is 0.260. The smallest absolute Gasteiger partial charge is 0.259 e. The Morgan fingerprint density at radius 3 is 1.39 bits per heavy atom. The lowest BCUT2D eigenvalue weighted by Crippen LogP contribution is -2.35. The Morgan fingerprint density at radius 1 is 0.739 bits per heavy atom. The molecule has 3 rings (SSSR count). The SMILES string of the molecule is C[Si](C)(C)c1cc2c(=O)[nH]c(=O)c3cc([Si](C)(C)C)sc3c2s1. The van der Waals surface area contributed by atoms with E-state index in [4.69, 9.17) is 0 Å². The van der Waals surface area contributed by atoms with E-state index in [1.807, 2.05) is 12.1 Å². The zero-order valence-corrected chi connectivity index (χ0v) is 17.9. The van der Waals surface area contributed by atoms with E-state index in [-0.39, 0.29) is 11.1 Å². The Morgan fingerprint density at radius 2 is 1.09 bits per heavy atom. The monoisotopic (exact) mass is 379 g/mol. The number of hydrogen-bond acceptors (Lipinski definition) is 4. The van der Waals surface area contributed by atoms with E-state index in [0.717, 1.165) is 9.40 Å². The first-order valence-corrected chi connectivity index (χ1v) is 16.3. The largest absolute Gasteiger partial charge is 0.288 e. The first-order valence-electron chi connectivity index (χ1n) is 7.63. The van der Waals surface area contributed by atoms with Gasteiger partial charge in [0, 0.05) is 0 Å². The van der Waals surface area contributed by atoms with Gasteiger partial charge in [-0.15, -0.1) is 22.7 Å². The highest BCUT2D eigenvalue weighted by atomic mass is 32.1. The van der Waals surface area contributed by atoms with Crippen LogP contribution < -0.4 is 20.1 Å². The number of rotatable bonds is 2. The number of aromatic nitrogens is 1. The molecule has 0 fully saturated rings. The van der Waals surface area contributed by atoms with Crippen LogP contribution in [-0.4, -0.2) is 21.1 Å². The average Bonchev–Trinajstić information content (AvgIpc) is 2.99. The first-order chi connectivity index (χ1) is 10.5. The summed E-state index contributed by atoms with van der Waals surface area (Å²) in [6.07, 6.45) is 0. The highest BCUT2D eigenvalue weighted by Crippen LogP contribution is 2.29. The molecular weight excluding hydrogens is 358 g/mol. The molecule has 0 bridgehead atoms. The normalized spacial score (nSPS) is 13.1. The van der Waals surface area contributed by atoms with E-state index in [0.29, 0.717) is 10.8 Å². The van der Waals surface area contributed by atoms with Gasteiger partial charge in [0.15, 0.2) is 0 Å². The van der Waals surface area contributed by atoms with E-state index in [9.17, 15) is 9.59 Å². The van der Waals surface area contributed by atoms with Crippen molar-refractivity contribution >= 4 is 68.0 Å². The van der Waals surface area contributed by atoms with Crippen LogP contribution in [0.25, 0.3) is 20.2 Å². The fourth-order valence-corrected chi connectivity index (χ4v) is 8.62. The van der Waals surface area contributed by atoms with E-state index >= 15 is 0 Å². The van der Waals surface area contributed by atoms with E-state index < -0.39 is 16.1 Å². The van der Waals surface area contributed by atoms with Gasteiger partial charge in [-0.05, 0) is 21.1 Å². The zero-order chi connectivity index (χ0) is 17.2. The van der Waals surface area contributed by atoms with Crippen molar-refractivity contribution < 1.29 is 0 Å². The van der Waals surface area contributed by atoms with Crippen molar-refractivity contribution in [3.05, 3.63) is 32.8 Å². The van der Waals surface area contributed by atoms with Crippen molar-refractivity contribution in [1.29, 1.82) is 0 Å². The highest BCUT2D eigenvalue weighted by molar-refractivity contribution is 7.37. The molecule has 7 heteroatoms. The van der Waals surface area contributed by atoms with Gasteiger partial charge in [-0.3, -0.25) is 14.6 Å². The van der Waals surface area contributed by atoms with Crippen LogP contribution in [0.4, 0.5) is 0 Å². The molecule has 0 aliphatic carbocycles.